The molecule has 0 fully saturated rings. The molecule has 0 radical (unpaired) electrons. The van der Waals surface area contributed by atoms with Gasteiger partial charge in [0.1, 0.15) is 5.82 Å². The van der Waals surface area contributed by atoms with Crippen LogP contribution >= 0.6 is 0 Å². The molecule has 0 bridgehead atoms. The van der Waals surface area contributed by atoms with Crippen molar-refractivity contribution < 1.29 is 9.13 Å². The Balaban J connectivity index is 2.08. The number of para-hydroxylation sites is 1. The summed E-state index contributed by atoms with van der Waals surface area (Å²) in [4.78, 5) is 17.9. The van der Waals surface area contributed by atoms with Crippen molar-refractivity contribution in [2.75, 3.05) is 7.11 Å². The molecule has 5 heteroatoms. The second kappa shape index (κ2) is 6.68. The van der Waals surface area contributed by atoms with Gasteiger partial charge in [0.15, 0.2) is 11.6 Å². The molecule has 0 atom stereocenters. The Bertz CT molecular complexity index is 1210. The third-order valence-corrected chi connectivity index (χ3v) is 4.45. The summed E-state index contributed by atoms with van der Waals surface area (Å²) >= 11 is 0. The molecular weight excluding hydrogens is 343 g/mol. The summed E-state index contributed by atoms with van der Waals surface area (Å²) in [5, 5.41) is 0.511. The van der Waals surface area contributed by atoms with Crippen LogP contribution in [-0.2, 0) is 0 Å². The molecule has 0 aliphatic heterocycles. The van der Waals surface area contributed by atoms with Gasteiger partial charge < -0.3 is 4.74 Å². The molecule has 0 amide bonds. The van der Waals surface area contributed by atoms with Crippen LogP contribution in [0, 0.1) is 12.7 Å². The highest BCUT2D eigenvalue weighted by atomic mass is 19.1. The Hall–Kier alpha value is -3.47. The van der Waals surface area contributed by atoms with Gasteiger partial charge in [-0.15, -0.1) is 0 Å². The Morgan fingerprint density at radius 3 is 2.56 bits per heavy atom. The van der Waals surface area contributed by atoms with Crippen LogP contribution in [0.1, 0.15) is 5.56 Å². The monoisotopic (exact) mass is 360 g/mol. The first kappa shape index (κ1) is 17.0. The second-order valence-electron chi connectivity index (χ2n) is 6.28. The molecule has 0 saturated carbocycles. The lowest BCUT2D eigenvalue weighted by Crippen LogP contribution is -2.22. The van der Waals surface area contributed by atoms with Gasteiger partial charge in [-0.2, -0.15) is 0 Å². The smallest absolute Gasteiger partial charge is 0.266 e. The Morgan fingerprint density at radius 1 is 1.00 bits per heavy atom. The third-order valence-electron chi connectivity index (χ3n) is 4.45. The molecule has 27 heavy (non-hydrogen) atoms. The Kier molecular flexibility index (Phi) is 4.20. The summed E-state index contributed by atoms with van der Waals surface area (Å²) in [7, 11) is 1.41. The van der Waals surface area contributed by atoms with Crippen LogP contribution < -0.4 is 10.3 Å². The maximum Gasteiger partial charge on any atom is 0.266 e. The minimum Gasteiger partial charge on any atom is -0.494 e. The van der Waals surface area contributed by atoms with Crippen LogP contribution in [0.5, 0.6) is 5.75 Å². The van der Waals surface area contributed by atoms with E-state index in [1.165, 1.54) is 23.8 Å². The summed E-state index contributed by atoms with van der Waals surface area (Å²) in [6.07, 6.45) is 0. The lowest BCUT2D eigenvalue weighted by atomic mass is 10.1. The third kappa shape index (κ3) is 2.97. The number of nitrogens with zero attached hydrogens (tertiary/aromatic N) is 2. The van der Waals surface area contributed by atoms with E-state index in [4.69, 9.17) is 4.74 Å². The van der Waals surface area contributed by atoms with E-state index in [9.17, 15) is 9.18 Å². The zero-order valence-electron chi connectivity index (χ0n) is 14.9. The van der Waals surface area contributed by atoms with Gasteiger partial charge in [-0.05, 0) is 55.0 Å². The standard InChI is InChI=1S/C22H17FN2O2/c1-14-6-5-7-16(12-14)25-21(15-10-11-20(27-2)18(23)13-15)24-19-9-4-3-8-17(19)22(25)26/h3-13H,1-2H3. The first-order valence-electron chi connectivity index (χ1n) is 8.51. The number of methoxy groups -OCH3 is 1. The van der Waals surface area contributed by atoms with E-state index in [0.29, 0.717) is 28.0 Å². The van der Waals surface area contributed by atoms with Gasteiger partial charge in [0.05, 0.1) is 23.7 Å². The summed E-state index contributed by atoms with van der Waals surface area (Å²) < 4.78 is 20.8. The zero-order chi connectivity index (χ0) is 19.0. The van der Waals surface area contributed by atoms with E-state index in [-0.39, 0.29) is 11.3 Å². The van der Waals surface area contributed by atoms with Crippen LogP contribution in [0.15, 0.2) is 71.5 Å². The summed E-state index contributed by atoms with van der Waals surface area (Å²) in [5.41, 5.74) is 2.57. The summed E-state index contributed by atoms with van der Waals surface area (Å²) in [5.74, 6) is 0.0167. The maximum absolute atomic E-state index is 14.3. The van der Waals surface area contributed by atoms with Crippen molar-refractivity contribution in [2.24, 2.45) is 0 Å². The van der Waals surface area contributed by atoms with Crippen molar-refractivity contribution in [3.8, 4) is 22.8 Å². The molecule has 0 saturated heterocycles. The van der Waals surface area contributed by atoms with E-state index < -0.39 is 5.82 Å². The highest BCUT2D eigenvalue weighted by molar-refractivity contribution is 5.80. The van der Waals surface area contributed by atoms with Gasteiger partial charge >= 0.3 is 0 Å². The van der Waals surface area contributed by atoms with Gasteiger partial charge in [-0.25, -0.2) is 9.37 Å². The Labute approximate surface area is 155 Å². The van der Waals surface area contributed by atoms with Crippen LogP contribution in [0.4, 0.5) is 4.39 Å². The van der Waals surface area contributed by atoms with Crippen molar-refractivity contribution in [3.05, 3.63) is 88.5 Å². The number of hydrogen-bond donors (Lipinski definition) is 0. The molecule has 4 rings (SSSR count). The number of benzene rings is 3. The topological polar surface area (TPSA) is 44.1 Å². The van der Waals surface area contributed by atoms with Crippen LogP contribution in [0.3, 0.4) is 0 Å². The normalized spacial score (nSPS) is 10.9. The number of hydrogen-bond acceptors (Lipinski definition) is 3. The minimum absolute atomic E-state index is 0.143. The molecule has 134 valence electrons. The first-order chi connectivity index (χ1) is 13.1. The quantitative estimate of drug-likeness (QED) is 0.540. The lowest BCUT2D eigenvalue weighted by Gasteiger charge is -2.15. The number of ether oxygens (including phenoxy) is 1. The molecule has 3 aromatic carbocycles. The van der Waals surface area contributed by atoms with Crippen molar-refractivity contribution in [3.63, 3.8) is 0 Å². The summed E-state index contributed by atoms with van der Waals surface area (Å²) in [6, 6.07) is 19.3. The van der Waals surface area contributed by atoms with Crippen LogP contribution in [0.2, 0.25) is 0 Å². The van der Waals surface area contributed by atoms with E-state index in [1.807, 2.05) is 37.3 Å². The zero-order valence-corrected chi connectivity index (χ0v) is 14.9. The second-order valence-corrected chi connectivity index (χ2v) is 6.28. The van der Waals surface area contributed by atoms with Crippen molar-refractivity contribution in [1.29, 1.82) is 0 Å². The number of rotatable bonds is 3. The number of aromatic nitrogens is 2. The van der Waals surface area contributed by atoms with E-state index in [0.717, 1.165) is 5.56 Å². The predicted octanol–water partition coefficient (Wildman–Crippen LogP) is 4.51. The van der Waals surface area contributed by atoms with Gasteiger partial charge in [-0.3, -0.25) is 9.36 Å². The average Bonchev–Trinajstić information content (AvgIpc) is 2.68. The van der Waals surface area contributed by atoms with Gasteiger partial charge in [0, 0.05) is 5.56 Å². The van der Waals surface area contributed by atoms with E-state index >= 15 is 0 Å². The van der Waals surface area contributed by atoms with Crippen LogP contribution in [0.25, 0.3) is 28.0 Å². The van der Waals surface area contributed by atoms with Gasteiger partial charge in [0.2, 0.25) is 0 Å². The van der Waals surface area contributed by atoms with Crippen molar-refractivity contribution in [1.82, 2.24) is 9.55 Å². The number of fused-ring (bicyclic) bond motifs is 1. The van der Waals surface area contributed by atoms with Crippen molar-refractivity contribution >= 4 is 10.9 Å². The fourth-order valence-corrected chi connectivity index (χ4v) is 3.14. The van der Waals surface area contributed by atoms with Gasteiger partial charge in [0.25, 0.3) is 5.56 Å². The molecule has 0 aliphatic rings. The molecule has 0 N–H and O–H groups in total. The molecule has 1 aromatic heterocycles. The maximum atomic E-state index is 14.3. The molecule has 0 spiro atoms. The van der Waals surface area contributed by atoms with E-state index in [1.54, 1.807) is 24.3 Å². The first-order valence-corrected chi connectivity index (χ1v) is 8.51. The van der Waals surface area contributed by atoms with E-state index in [2.05, 4.69) is 4.98 Å². The fraction of sp³-hybridized carbons (Fsp3) is 0.0909. The van der Waals surface area contributed by atoms with Crippen molar-refractivity contribution in [2.45, 2.75) is 6.92 Å². The fourth-order valence-electron chi connectivity index (χ4n) is 3.14. The molecule has 4 nitrogen and oxygen atoms in total. The highest BCUT2D eigenvalue weighted by Gasteiger charge is 2.16. The lowest BCUT2D eigenvalue weighted by molar-refractivity contribution is 0.386. The molecule has 0 aliphatic carbocycles. The largest absolute Gasteiger partial charge is 0.494 e. The molecular formula is C22H17FN2O2. The number of aryl methyl sites for hydroxylation is 1. The molecule has 4 aromatic rings. The van der Waals surface area contributed by atoms with Gasteiger partial charge in [-0.1, -0.05) is 24.3 Å². The Morgan fingerprint density at radius 2 is 1.81 bits per heavy atom. The summed E-state index contributed by atoms with van der Waals surface area (Å²) in [6.45, 7) is 1.95. The van der Waals surface area contributed by atoms with Crippen LogP contribution in [-0.4, -0.2) is 16.7 Å². The molecule has 1 heterocycles. The minimum atomic E-state index is -0.506. The highest BCUT2D eigenvalue weighted by Crippen LogP contribution is 2.26. The predicted molar refractivity (Wildman–Crippen MR) is 104 cm³/mol. The average molecular weight is 360 g/mol. The number of halogens is 1. The SMILES string of the molecule is COc1ccc(-c2nc3ccccc3c(=O)n2-c2cccc(C)c2)cc1F. The molecule has 0 unspecified atom stereocenters.